The molecule has 0 aromatic heterocycles. The van der Waals surface area contributed by atoms with Crippen LogP contribution in [-0.4, -0.2) is 29.9 Å². The van der Waals surface area contributed by atoms with E-state index in [1.54, 1.807) is 4.90 Å². The van der Waals surface area contributed by atoms with Gasteiger partial charge in [-0.15, -0.1) is 0 Å². The molecule has 1 aliphatic heterocycles. The fourth-order valence-corrected chi connectivity index (χ4v) is 2.03. The zero-order chi connectivity index (χ0) is 12.4. The Balaban J connectivity index is 2.40. The van der Waals surface area contributed by atoms with Crippen LogP contribution in [0.1, 0.15) is 12.5 Å². The van der Waals surface area contributed by atoms with Crippen molar-refractivity contribution in [3.8, 4) is 0 Å². The van der Waals surface area contributed by atoms with Gasteiger partial charge in [0.2, 0.25) is 5.91 Å². The van der Waals surface area contributed by atoms with Gasteiger partial charge in [-0.05, 0) is 11.6 Å². The summed E-state index contributed by atoms with van der Waals surface area (Å²) in [4.78, 5) is 26.0. The van der Waals surface area contributed by atoms with E-state index in [4.69, 9.17) is 5.73 Å². The van der Waals surface area contributed by atoms with Crippen molar-refractivity contribution in [3.05, 3.63) is 29.8 Å². The number of hydrogen-bond donors (Lipinski definition) is 1. The molecule has 0 fully saturated rings. The van der Waals surface area contributed by atoms with Gasteiger partial charge in [0, 0.05) is 26.6 Å². The molecule has 0 saturated heterocycles. The average molecular weight is 233 g/mol. The molecule has 5 nitrogen and oxygen atoms in total. The SMILES string of the molecule is CC(=O)N1CCN(C(N)=O)c2ccccc2C1. The number of hydrogen-bond acceptors (Lipinski definition) is 2. The van der Waals surface area contributed by atoms with Gasteiger partial charge in [0.05, 0.1) is 5.69 Å². The molecule has 1 aliphatic rings. The molecule has 1 aromatic rings. The van der Waals surface area contributed by atoms with Gasteiger partial charge >= 0.3 is 6.03 Å². The van der Waals surface area contributed by atoms with E-state index in [0.29, 0.717) is 19.6 Å². The molecule has 0 radical (unpaired) electrons. The molecule has 0 unspecified atom stereocenters. The Bertz CT molecular complexity index is 459. The molecule has 0 spiro atoms. The molecule has 2 rings (SSSR count). The monoisotopic (exact) mass is 233 g/mol. The lowest BCUT2D eigenvalue weighted by Crippen LogP contribution is -2.40. The summed E-state index contributed by atoms with van der Waals surface area (Å²) in [5.41, 5.74) is 7.10. The van der Waals surface area contributed by atoms with Crippen molar-refractivity contribution in [1.29, 1.82) is 0 Å². The molecule has 0 bridgehead atoms. The highest BCUT2D eigenvalue weighted by atomic mass is 16.2. The fourth-order valence-electron chi connectivity index (χ4n) is 2.03. The van der Waals surface area contributed by atoms with Crippen molar-refractivity contribution < 1.29 is 9.59 Å². The lowest BCUT2D eigenvalue weighted by molar-refractivity contribution is -0.129. The number of para-hydroxylation sites is 1. The summed E-state index contributed by atoms with van der Waals surface area (Å²) in [6.07, 6.45) is 0. The molecule has 90 valence electrons. The van der Waals surface area contributed by atoms with Gasteiger partial charge in [-0.1, -0.05) is 18.2 Å². The van der Waals surface area contributed by atoms with Gasteiger partial charge < -0.3 is 10.6 Å². The second-order valence-corrected chi connectivity index (χ2v) is 4.06. The van der Waals surface area contributed by atoms with Crippen LogP contribution in [0.15, 0.2) is 24.3 Å². The Morgan fingerprint density at radius 1 is 1.24 bits per heavy atom. The minimum absolute atomic E-state index is 0.00567. The van der Waals surface area contributed by atoms with Gasteiger partial charge in [-0.3, -0.25) is 9.69 Å². The van der Waals surface area contributed by atoms with Gasteiger partial charge in [0.15, 0.2) is 0 Å². The largest absolute Gasteiger partial charge is 0.351 e. The average Bonchev–Trinajstić information content (AvgIpc) is 2.47. The van der Waals surface area contributed by atoms with Crippen LogP contribution < -0.4 is 10.6 Å². The second-order valence-electron chi connectivity index (χ2n) is 4.06. The lowest BCUT2D eigenvalue weighted by atomic mass is 10.1. The molecule has 17 heavy (non-hydrogen) atoms. The first kappa shape index (κ1) is 11.4. The number of urea groups is 1. The highest BCUT2D eigenvalue weighted by molar-refractivity contribution is 5.92. The standard InChI is InChI=1S/C12H15N3O2/c1-9(16)14-6-7-15(12(13)17)11-5-3-2-4-10(11)8-14/h2-5H,6-8H2,1H3,(H2,13,17). The Hall–Kier alpha value is -2.04. The number of carbonyl (C=O) groups excluding carboxylic acids is 2. The molecule has 0 saturated carbocycles. The summed E-state index contributed by atoms with van der Waals surface area (Å²) in [7, 11) is 0. The van der Waals surface area contributed by atoms with Gasteiger partial charge in [-0.25, -0.2) is 4.79 Å². The molecule has 2 N–H and O–H groups in total. The van der Waals surface area contributed by atoms with E-state index in [1.165, 1.54) is 11.8 Å². The predicted molar refractivity (Wildman–Crippen MR) is 64.5 cm³/mol. The highest BCUT2D eigenvalue weighted by Gasteiger charge is 2.23. The minimum Gasteiger partial charge on any atom is -0.351 e. The van der Waals surface area contributed by atoms with Crippen LogP contribution in [0.4, 0.5) is 10.5 Å². The van der Waals surface area contributed by atoms with Gasteiger partial charge in [-0.2, -0.15) is 0 Å². The van der Waals surface area contributed by atoms with E-state index in [-0.39, 0.29) is 5.91 Å². The molecule has 1 heterocycles. The van der Waals surface area contributed by atoms with Crippen LogP contribution in [0.3, 0.4) is 0 Å². The molecular formula is C12H15N3O2. The van der Waals surface area contributed by atoms with Crippen molar-refractivity contribution in [2.24, 2.45) is 5.73 Å². The summed E-state index contributed by atoms with van der Waals surface area (Å²) in [5, 5.41) is 0. The van der Waals surface area contributed by atoms with Crippen LogP contribution in [0, 0.1) is 0 Å². The maximum absolute atomic E-state index is 11.4. The number of amides is 3. The van der Waals surface area contributed by atoms with Crippen molar-refractivity contribution in [2.75, 3.05) is 18.0 Å². The van der Waals surface area contributed by atoms with Crippen molar-refractivity contribution in [2.45, 2.75) is 13.5 Å². The maximum atomic E-state index is 11.4. The zero-order valence-electron chi connectivity index (χ0n) is 9.72. The first-order valence-electron chi connectivity index (χ1n) is 5.50. The van der Waals surface area contributed by atoms with E-state index in [0.717, 1.165) is 11.3 Å². The van der Waals surface area contributed by atoms with Crippen LogP contribution in [0.5, 0.6) is 0 Å². The molecule has 5 heteroatoms. The zero-order valence-corrected chi connectivity index (χ0v) is 9.72. The molecule has 1 aromatic carbocycles. The number of benzene rings is 1. The number of anilines is 1. The smallest absolute Gasteiger partial charge is 0.319 e. The first-order chi connectivity index (χ1) is 8.09. The third kappa shape index (κ3) is 2.22. The van der Waals surface area contributed by atoms with Crippen LogP contribution >= 0.6 is 0 Å². The van der Waals surface area contributed by atoms with Gasteiger partial charge in [0.1, 0.15) is 0 Å². The maximum Gasteiger partial charge on any atom is 0.319 e. The van der Waals surface area contributed by atoms with Crippen LogP contribution in [0.2, 0.25) is 0 Å². The summed E-state index contributed by atoms with van der Waals surface area (Å²) in [6, 6.07) is 7.03. The Kier molecular flexibility index (Phi) is 2.99. The molecule has 0 aliphatic carbocycles. The molecule has 0 atom stereocenters. The van der Waals surface area contributed by atoms with E-state index in [2.05, 4.69) is 0 Å². The Labute approximate surface area is 99.8 Å². The third-order valence-corrected chi connectivity index (χ3v) is 2.95. The highest BCUT2D eigenvalue weighted by Crippen LogP contribution is 2.24. The number of carbonyl (C=O) groups is 2. The predicted octanol–water partition coefficient (Wildman–Crippen LogP) is 0.934. The molecular weight excluding hydrogens is 218 g/mol. The lowest BCUT2D eigenvalue weighted by Gasteiger charge is -2.20. The number of nitrogens with two attached hydrogens (primary N) is 1. The summed E-state index contributed by atoms with van der Waals surface area (Å²) < 4.78 is 0. The fraction of sp³-hybridized carbons (Fsp3) is 0.333. The number of fused-ring (bicyclic) bond motifs is 1. The normalized spacial score (nSPS) is 15.1. The minimum atomic E-state index is -0.483. The van der Waals surface area contributed by atoms with Gasteiger partial charge in [0.25, 0.3) is 0 Å². The van der Waals surface area contributed by atoms with Crippen LogP contribution in [-0.2, 0) is 11.3 Å². The van der Waals surface area contributed by atoms with Crippen molar-refractivity contribution in [1.82, 2.24) is 4.90 Å². The van der Waals surface area contributed by atoms with E-state index >= 15 is 0 Å². The van der Waals surface area contributed by atoms with Crippen molar-refractivity contribution >= 4 is 17.6 Å². The second kappa shape index (κ2) is 4.45. The first-order valence-corrected chi connectivity index (χ1v) is 5.50. The van der Waals surface area contributed by atoms with E-state index in [9.17, 15) is 9.59 Å². The summed E-state index contributed by atoms with van der Waals surface area (Å²) in [6.45, 7) is 3.00. The Morgan fingerprint density at radius 2 is 1.94 bits per heavy atom. The topological polar surface area (TPSA) is 66.6 Å². The van der Waals surface area contributed by atoms with E-state index in [1.807, 2.05) is 24.3 Å². The number of primary amides is 1. The third-order valence-electron chi connectivity index (χ3n) is 2.95. The van der Waals surface area contributed by atoms with E-state index < -0.39 is 6.03 Å². The summed E-state index contributed by atoms with van der Waals surface area (Å²) in [5.74, 6) is 0.00567. The molecule has 3 amide bonds. The number of nitrogens with zero attached hydrogens (tertiary/aromatic N) is 2. The summed E-state index contributed by atoms with van der Waals surface area (Å²) >= 11 is 0. The quantitative estimate of drug-likeness (QED) is 0.724. The Morgan fingerprint density at radius 3 is 2.59 bits per heavy atom. The number of rotatable bonds is 0. The van der Waals surface area contributed by atoms with Crippen molar-refractivity contribution in [3.63, 3.8) is 0 Å². The van der Waals surface area contributed by atoms with Crippen LogP contribution in [0.25, 0.3) is 0 Å².